The number of benzene rings is 1. The minimum absolute atomic E-state index is 0.111. The van der Waals surface area contributed by atoms with Crippen LogP contribution in [0, 0.1) is 6.92 Å². The maximum atomic E-state index is 12.9. The van der Waals surface area contributed by atoms with Crippen molar-refractivity contribution >= 4 is 29.4 Å². The van der Waals surface area contributed by atoms with Crippen LogP contribution in [0.3, 0.4) is 0 Å². The van der Waals surface area contributed by atoms with Crippen LogP contribution in [0.4, 0.5) is 5.82 Å². The summed E-state index contributed by atoms with van der Waals surface area (Å²) in [5.74, 6) is 1.88. The van der Waals surface area contributed by atoms with Gasteiger partial charge in [0.05, 0.1) is 23.7 Å². The maximum Gasteiger partial charge on any atom is 0.236 e. The van der Waals surface area contributed by atoms with Crippen molar-refractivity contribution in [2.45, 2.75) is 31.5 Å². The van der Waals surface area contributed by atoms with Crippen molar-refractivity contribution in [1.82, 2.24) is 34.4 Å². The van der Waals surface area contributed by atoms with E-state index in [4.69, 9.17) is 0 Å². The van der Waals surface area contributed by atoms with Crippen LogP contribution in [0.25, 0.3) is 11.5 Å². The zero-order chi connectivity index (χ0) is 24.2. The van der Waals surface area contributed by atoms with Gasteiger partial charge in [-0.1, -0.05) is 36.0 Å². The summed E-state index contributed by atoms with van der Waals surface area (Å²) in [7, 11) is 0. The fourth-order valence-corrected chi connectivity index (χ4v) is 4.68. The molecule has 4 heterocycles. The molecule has 0 unspecified atom stereocenters. The molecule has 3 aromatic heterocycles. The Morgan fingerprint density at radius 2 is 1.94 bits per heavy atom. The molecular weight excluding hydrogens is 464 g/mol. The van der Waals surface area contributed by atoms with Crippen molar-refractivity contribution in [1.29, 1.82) is 0 Å². The van der Waals surface area contributed by atoms with E-state index >= 15 is 0 Å². The molecule has 0 bridgehead atoms. The molecule has 35 heavy (non-hydrogen) atoms. The Morgan fingerprint density at radius 1 is 1.11 bits per heavy atom. The number of carbonyl (C=O) groups is 2. The average molecular weight is 489 g/mol. The molecule has 0 spiro atoms. The molecule has 178 valence electrons. The zero-order valence-corrected chi connectivity index (χ0v) is 20.0. The fourth-order valence-electron chi connectivity index (χ4n) is 3.92. The first-order valence-electron chi connectivity index (χ1n) is 11.3. The van der Waals surface area contributed by atoms with Crippen LogP contribution in [-0.4, -0.2) is 58.5 Å². The number of anilines is 1. The van der Waals surface area contributed by atoms with Crippen molar-refractivity contribution in [3.63, 3.8) is 0 Å². The molecule has 4 aromatic rings. The summed E-state index contributed by atoms with van der Waals surface area (Å²) in [6, 6.07) is 17.0. The van der Waals surface area contributed by atoms with Gasteiger partial charge in [0, 0.05) is 25.2 Å². The Bertz CT molecular complexity index is 1340. The highest BCUT2D eigenvalue weighted by Gasteiger charge is 2.24. The van der Waals surface area contributed by atoms with Gasteiger partial charge < -0.3 is 10.2 Å². The van der Waals surface area contributed by atoms with E-state index in [2.05, 4.69) is 25.6 Å². The van der Waals surface area contributed by atoms with Crippen molar-refractivity contribution < 1.29 is 9.59 Å². The lowest BCUT2D eigenvalue weighted by Crippen LogP contribution is -2.26. The Labute approximate surface area is 206 Å². The summed E-state index contributed by atoms with van der Waals surface area (Å²) in [4.78, 5) is 31.2. The molecule has 0 saturated carbocycles. The number of aromatic nitrogens is 6. The van der Waals surface area contributed by atoms with Crippen molar-refractivity contribution in [2.24, 2.45) is 0 Å². The SMILES string of the molecule is Cc1cc(NC(=O)CSc2nnc(CN3CCCC3=O)n2-c2ccccn2)n(-c2ccccc2)n1. The number of likely N-dealkylation sites (tertiary alicyclic amines) is 1. The second-order valence-electron chi connectivity index (χ2n) is 8.10. The molecule has 10 nitrogen and oxygen atoms in total. The summed E-state index contributed by atoms with van der Waals surface area (Å²) < 4.78 is 3.52. The molecule has 1 saturated heterocycles. The Balaban J connectivity index is 1.33. The number of hydrogen-bond donors (Lipinski definition) is 1. The van der Waals surface area contributed by atoms with Crippen molar-refractivity contribution in [3.05, 3.63) is 72.3 Å². The van der Waals surface area contributed by atoms with Gasteiger partial charge in [-0.15, -0.1) is 10.2 Å². The maximum absolute atomic E-state index is 12.9. The molecule has 1 fully saturated rings. The van der Waals surface area contributed by atoms with E-state index < -0.39 is 0 Å². The van der Waals surface area contributed by atoms with Gasteiger partial charge in [-0.3, -0.25) is 14.2 Å². The highest BCUT2D eigenvalue weighted by atomic mass is 32.2. The summed E-state index contributed by atoms with van der Waals surface area (Å²) >= 11 is 1.26. The van der Waals surface area contributed by atoms with Crippen molar-refractivity contribution in [2.75, 3.05) is 17.6 Å². The van der Waals surface area contributed by atoms with Crippen LogP contribution in [-0.2, 0) is 16.1 Å². The molecule has 0 radical (unpaired) electrons. The second kappa shape index (κ2) is 10.1. The average Bonchev–Trinajstić information content (AvgIpc) is 3.58. The number of hydrogen-bond acceptors (Lipinski definition) is 7. The lowest BCUT2D eigenvalue weighted by atomic mass is 10.3. The standard InChI is InChI=1S/C24H24N8O2S/c1-17-14-20(32(29-17)18-8-3-2-4-9-18)26-22(33)16-35-24-28-27-21(15-30-13-7-11-23(30)34)31(24)19-10-5-6-12-25-19/h2-6,8-10,12,14H,7,11,13,15-16H2,1H3,(H,26,33). The van der Waals surface area contributed by atoms with Gasteiger partial charge >= 0.3 is 0 Å². The molecule has 11 heteroatoms. The lowest BCUT2D eigenvalue weighted by molar-refractivity contribution is -0.128. The van der Waals surface area contributed by atoms with Gasteiger partial charge in [-0.25, -0.2) is 9.67 Å². The quantitative estimate of drug-likeness (QED) is 0.380. The fraction of sp³-hybridized carbons (Fsp3) is 0.250. The first-order valence-corrected chi connectivity index (χ1v) is 12.3. The highest BCUT2D eigenvalue weighted by Crippen LogP contribution is 2.24. The number of pyridine rings is 1. The largest absolute Gasteiger partial charge is 0.335 e. The normalized spacial score (nSPS) is 13.4. The van der Waals surface area contributed by atoms with E-state index in [1.807, 2.05) is 66.1 Å². The van der Waals surface area contributed by atoms with Gasteiger partial charge in [0.2, 0.25) is 11.8 Å². The van der Waals surface area contributed by atoms with E-state index in [0.717, 1.165) is 17.8 Å². The Kier molecular flexibility index (Phi) is 6.57. The molecule has 0 atom stereocenters. The lowest BCUT2D eigenvalue weighted by Gasteiger charge is -2.16. The van der Waals surface area contributed by atoms with Crippen LogP contribution < -0.4 is 5.32 Å². The third kappa shape index (κ3) is 5.09. The Morgan fingerprint density at radius 3 is 2.69 bits per heavy atom. The molecule has 1 aliphatic rings. The van der Waals surface area contributed by atoms with E-state index in [1.54, 1.807) is 15.8 Å². The minimum Gasteiger partial charge on any atom is -0.335 e. The summed E-state index contributed by atoms with van der Waals surface area (Å²) in [6.07, 6.45) is 3.09. The van der Waals surface area contributed by atoms with Gasteiger partial charge in [-0.05, 0) is 37.6 Å². The number of rotatable bonds is 8. The first kappa shape index (κ1) is 22.8. The minimum atomic E-state index is -0.195. The van der Waals surface area contributed by atoms with Crippen LogP contribution >= 0.6 is 11.8 Å². The predicted octanol–water partition coefficient (Wildman–Crippen LogP) is 3.01. The monoisotopic (exact) mass is 488 g/mol. The molecule has 0 aliphatic carbocycles. The third-order valence-electron chi connectivity index (χ3n) is 5.51. The van der Waals surface area contributed by atoms with E-state index in [9.17, 15) is 9.59 Å². The van der Waals surface area contributed by atoms with E-state index in [-0.39, 0.29) is 17.6 Å². The number of aryl methyl sites for hydroxylation is 1. The highest BCUT2D eigenvalue weighted by molar-refractivity contribution is 7.99. The van der Waals surface area contributed by atoms with Crippen LogP contribution in [0.1, 0.15) is 24.4 Å². The van der Waals surface area contributed by atoms with Crippen LogP contribution in [0.2, 0.25) is 0 Å². The van der Waals surface area contributed by atoms with E-state index in [1.165, 1.54) is 11.8 Å². The molecule has 1 N–H and O–H groups in total. The second-order valence-corrected chi connectivity index (χ2v) is 9.04. The van der Waals surface area contributed by atoms with Crippen LogP contribution in [0.5, 0.6) is 0 Å². The van der Waals surface area contributed by atoms with Crippen LogP contribution in [0.15, 0.2) is 66.0 Å². The topological polar surface area (TPSA) is 111 Å². The molecule has 1 aromatic carbocycles. The third-order valence-corrected chi connectivity index (χ3v) is 6.44. The summed E-state index contributed by atoms with van der Waals surface area (Å²) in [5.41, 5.74) is 1.66. The number of nitrogens with one attached hydrogen (secondary N) is 1. The first-order chi connectivity index (χ1) is 17.1. The summed E-state index contributed by atoms with van der Waals surface area (Å²) in [6.45, 7) is 2.93. The predicted molar refractivity (Wildman–Crippen MR) is 131 cm³/mol. The van der Waals surface area contributed by atoms with Gasteiger partial charge in [0.25, 0.3) is 0 Å². The van der Waals surface area contributed by atoms with Gasteiger partial charge in [-0.2, -0.15) is 5.10 Å². The number of para-hydroxylation sites is 1. The van der Waals surface area contributed by atoms with Crippen molar-refractivity contribution in [3.8, 4) is 11.5 Å². The zero-order valence-electron chi connectivity index (χ0n) is 19.2. The van der Waals surface area contributed by atoms with Gasteiger partial charge in [0.1, 0.15) is 11.6 Å². The molecule has 5 rings (SSSR count). The molecule has 1 aliphatic heterocycles. The van der Waals surface area contributed by atoms with Gasteiger partial charge in [0.15, 0.2) is 11.0 Å². The number of thioether (sulfide) groups is 1. The number of nitrogens with zero attached hydrogens (tertiary/aromatic N) is 7. The van der Waals surface area contributed by atoms with E-state index in [0.29, 0.717) is 42.1 Å². The number of carbonyl (C=O) groups excluding carboxylic acids is 2. The smallest absolute Gasteiger partial charge is 0.236 e. The summed E-state index contributed by atoms with van der Waals surface area (Å²) in [5, 5.41) is 16.6. The Hall–Kier alpha value is -3.99. The molecule has 2 amide bonds. The molecular formula is C24H24N8O2S. The number of amides is 2.